The SMILES string of the molecule is CC(NC(=O)/C=C/c1ccc(Cl)cc1)c1ccccc1F. The van der Waals surface area contributed by atoms with E-state index in [-0.39, 0.29) is 11.7 Å². The third-order valence-corrected chi connectivity index (χ3v) is 3.28. The average molecular weight is 304 g/mol. The van der Waals surface area contributed by atoms with E-state index in [0.717, 1.165) is 5.56 Å². The van der Waals surface area contributed by atoms with Gasteiger partial charge in [-0.1, -0.05) is 41.9 Å². The lowest BCUT2D eigenvalue weighted by molar-refractivity contribution is -0.117. The molecule has 0 radical (unpaired) electrons. The van der Waals surface area contributed by atoms with E-state index in [1.807, 2.05) is 12.1 Å². The fourth-order valence-corrected chi connectivity index (χ4v) is 2.04. The van der Waals surface area contributed by atoms with E-state index in [1.165, 1.54) is 12.1 Å². The third-order valence-electron chi connectivity index (χ3n) is 3.03. The summed E-state index contributed by atoms with van der Waals surface area (Å²) in [6.45, 7) is 1.74. The van der Waals surface area contributed by atoms with Crippen LogP contribution in [0.5, 0.6) is 0 Å². The van der Waals surface area contributed by atoms with Crippen LogP contribution >= 0.6 is 11.6 Å². The summed E-state index contributed by atoms with van der Waals surface area (Å²) in [5.74, 6) is -0.604. The van der Waals surface area contributed by atoms with Crippen molar-refractivity contribution in [2.75, 3.05) is 0 Å². The Bertz CT molecular complexity index is 652. The van der Waals surface area contributed by atoms with Gasteiger partial charge in [-0.15, -0.1) is 0 Å². The van der Waals surface area contributed by atoms with Gasteiger partial charge in [-0.2, -0.15) is 0 Å². The molecular weight excluding hydrogens is 289 g/mol. The Labute approximate surface area is 128 Å². The Morgan fingerprint density at radius 2 is 1.86 bits per heavy atom. The number of carbonyl (C=O) groups excluding carboxylic acids is 1. The summed E-state index contributed by atoms with van der Waals surface area (Å²) in [6, 6.07) is 13.1. The zero-order chi connectivity index (χ0) is 15.2. The number of carbonyl (C=O) groups is 1. The molecule has 0 aromatic heterocycles. The molecule has 0 bridgehead atoms. The molecule has 2 aromatic rings. The van der Waals surface area contributed by atoms with Crippen molar-refractivity contribution in [1.29, 1.82) is 0 Å². The number of rotatable bonds is 4. The molecule has 0 saturated heterocycles. The molecule has 1 amide bonds. The molecule has 2 rings (SSSR count). The quantitative estimate of drug-likeness (QED) is 0.835. The van der Waals surface area contributed by atoms with Crippen molar-refractivity contribution >= 4 is 23.6 Å². The molecule has 21 heavy (non-hydrogen) atoms. The summed E-state index contributed by atoms with van der Waals surface area (Å²) >= 11 is 5.79. The first-order valence-electron chi connectivity index (χ1n) is 6.55. The van der Waals surface area contributed by atoms with Gasteiger partial charge in [0.25, 0.3) is 0 Å². The van der Waals surface area contributed by atoms with E-state index in [1.54, 1.807) is 43.3 Å². The van der Waals surface area contributed by atoms with Gasteiger partial charge in [-0.25, -0.2) is 4.39 Å². The first-order valence-corrected chi connectivity index (χ1v) is 6.92. The molecule has 0 spiro atoms. The van der Waals surface area contributed by atoms with Crippen LogP contribution in [0.4, 0.5) is 4.39 Å². The molecule has 0 aliphatic heterocycles. The highest BCUT2D eigenvalue weighted by atomic mass is 35.5. The van der Waals surface area contributed by atoms with E-state index >= 15 is 0 Å². The Morgan fingerprint density at radius 3 is 2.52 bits per heavy atom. The average Bonchev–Trinajstić information content (AvgIpc) is 2.47. The predicted molar refractivity (Wildman–Crippen MR) is 83.4 cm³/mol. The van der Waals surface area contributed by atoms with Crippen LogP contribution in [0.25, 0.3) is 6.08 Å². The lowest BCUT2D eigenvalue weighted by Crippen LogP contribution is -2.25. The predicted octanol–water partition coefficient (Wildman–Crippen LogP) is 4.37. The van der Waals surface area contributed by atoms with Gasteiger partial charge in [0.1, 0.15) is 5.82 Å². The van der Waals surface area contributed by atoms with Gasteiger partial charge in [-0.3, -0.25) is 4.79 Å². The summed E-state index contributed by atoms with van der Waals surface area (Å²) in [5.41, 5.74) is 1.33. The fourth-order valence-electron chi connectivity index (χ4n) is 1.91. The maximum Gasteiger partial charge on any atom is 0.244 e. The van der Waals surface area contributed by atoms with E-state index in [4.69, 9.17) is 11.6 Å². The van der Waals surface area contributed by atoms with E-state index in [9.17, 15) is 9.18 Å². The van der Waals surface area contributed by atoms with E-state index in [0.29, 0.717) is 10.6 Å². The highest BCUT2D eigenvalue weighted by Gasteiger charge is 2.11. The third kappa shape index (κ3) is 4.43. The second-order valence-corrected chi connectivity index (χ2v) is 5.07. The van der Waals surface area contributed by atoms with Crippen molar-refractivity contribution in [3.05, 3.63) is 76.6 Å². The van der Waals surface area contributed by atoms with Gasteiger partial charge >= 0.3 is 0 Å². The van der Waals surface area contributed by atoms with Gasteiger partial charge in [0.15, 0.2) is 0 Å². The van der Waals surface area contributed by atoms with Crippen LogP contribution in [0.1, 0.15) is 24.1 Å². The number of amides is 1. The number of hydrogen-bond acceptors (Lipinski definition) is 1. The van der Waals surface area contributed by atoms with Crippen molar-refractivity contribution in [1.82, 2.24) is 5.32 Å². The van der Waals surface area contributed by atoms with Crippen LogP contribution in [0.2, 0.25) is 5.02 Å². The maximum atomic E-state index is 13.6. The van der Waals surface area contributed by atoms with Crippen molar-refractivity contribution in [2.45, 2.75) is 13.0 Å². The molecule has 0 fully saturated rings. The molecule has 0 heterocycles. The molecule has 0 saturated carbocycles. The Kier molecular flexibility index (Phi) is 5.12. The van der Waals surface area contributed by atoms with Crippen molar-refractivity contribution in [3.8, 4) is 0 Å². The minimum atomic E-state index is -0.395. The summed E-state index contributed by atoms with van der Waals surface area (Å²) in [4.78, 5) is 11.8. The van der Waals surface area contributed by atoms with Crippen LogP contribution in [-0.4, -0.2) is 5.91 Å². The summed E-state index contributed by atoms with van der Waals surface area (Å²) in [7, 11) is 0. The molecule has 1 N–H and O–H groups in total. The minimum absolute atomic E-state index is 0.277. The van der Waals surface area contributed by atoms with Gasteiger partial charge < -0.3 is 5.32 Å². The Hall–Kier alpha value is -2.13. The highest BCUT2D eigenvalue weighted by Crippen LogP contribution is 2.16. The maximum absolute atomic E-state index is 13.6. The molecular formula is C17H15ClFNO. The summed E-state index contributed by atoms with van der Waals surface area (Å²) < 4.78 is 13.6. The van der Waals surface area contributed by atoms with Gasteiger partial charge in [0.05, 0.1) is 6.04 Å². The standard InChI is InChI=1S/C17H15ClFNO/c1-12(15-4-2-3-5-16(15)19)20-17(21)11-8-13-6-9-14(18)10-7-13/h2-12H,1H3,(H,20,21)/b11-8+. The molecule has 108 valence electrons. The zero-order valence-electron chi connectivity index (χ0n) is 11.5. The molecule has 2 nitrogen and oxygen atoms in total. The Balaban J connectivity index is 1.98. The van der Waals surface area contributed by atoms with Crippen LogP contribution in [0.15, 0.2) is 54.6 Å². The highest BCUT2D eigenvalue weighted by molar-refractivity contribution is 6.30. The largest absolute Gasteiger partial charge is 0.346 e. The van der Waals surface area contributed by atoms with Gasteiger partial charge in [0.2, 0.25) is 5.91 Å². The van der Waals surface area contributed by atoms with Gasteiger partial charge in [0, 0.05) is 16.7 Å². The molecule has 0 aliphatic carbocycles. The number of halogens is 2. The summed E-state index contributed by atoms with van der Waals surface area (Å²) in [5, 5.41) is 3.37. The number of nitrogens with one attached hydrogen (secondary N) is 1. The molecule has 1 atom stereocenters. The van der Waals surface area contributed by atoms with Gasteiger partial charge in [-0.05, 0) is 36.8 Å². The van der Waals surface area contributed by atoms with Crippen molar-refractivity contribution in [3.63, 3.8) is 0 Å². The molecule has 2 aromatic carbocycles. The topological polar surface area (TPSA) is 29.1 Å². The smallest absolute Gasteiger partial charge is 0.244 e. The Morgan fingerprint density at radius 1 is 1.19 bits per heavy atom. The summed E-state index contributed by atoms with van der Waals surface area (Å²) in [6.07, 6.45) is 3.10. The lowest BCUT2D eigenvalue weighted by Gasteiger charge is -2.13. The molecule has 1 unspecified atom stereocenters. The molecule has 4 heteroatoms. The van der Waals surface area contributed by atoms with Crippen LogP contribution < -0.4 is 5.32 Å². The van der Waals surface area contributed by atoms with E-state index in [2.05, 4.69) is 5.32 Å². The van der Waals surface area contributed by atoms with Crippen molar-refractivity contribution in [2.24, 2.45) is 0 Å². The van der Waals surface area contributed by atoms with E-state index < -0.39 is 6.04 Å². The van der Waals surface area contributed by atoms with Crippen LogP contribution in [0, 0.1) is 5.82 Å². The first-order chi connectivity index (χ1) is 10.1. The second kappa shape index (κ2) is 7.04. The zero-order valence-corrected chi connectivity index (χ0v) is 12.3. The fraction of sp³-hybridized carbons (Fsp3) is 0.118. The minimum Gasteiger partial charge on any atom is -0.346 e. The lowest BCUT2D eigenvalue weighted by atomic mass is 10.1. The number of hydrogen-bond donors (Lipinski definition) is 1. The monoisotopic (exact) mass is 303 g/mol. The van der Waals surface area contributed by atoms with Crippen molar-refractivity contribution < 1.29 is 9.18 Å². The first kappa shape index (κ1) is 15.3. The van der Waals surface area contributed by atoms with Crippen LogP contribution in [-0.2, 0) is 4.79 Å². The molecule has 0 aliphatic rings. The second-order valence-electron chi connectivity index (χ2n) is 4.64. The van der Waals surface area contributed by atoms with Crippen LogP contribution in [0.3, 0.4) is 0 Å². The number of benzene rings is 2. The normalized spacial score (nSPS) is 12.3.